The lowest BCUT2D eigenvalue weighted by Crippen LogP contribution is -2.58. The Bertz CT molecular complexity index is 521. The molecule has 1 aromatic carbocycles. The fraction of sp³-hybridized carbons (Fsp3) is 0.333. The summed E-state index contributed by atoms with van der Waals surface area (Å²) in [5.41, 5.74) is 5.39. The van der Waals surface area contributed by atoms with E-state index < -0.39 is 17.9 Å². The molecule has 7 heteroatoms. The van der Waals surface area contributed by atoms with Crippen LogP contribution in [0, 0.1) is 0 Å². The van der Waals surface area contributed by atoms with Gasteiger partial charge in [-0.1, -0.05) is 11.6 Å². The van der Waals surface area contributed by atoms with Gasteiger partial charge in [-0.2, -0.15) is 0 Å². The molecule has 1 aliphatic heterocycles. The number of hydrogen-bond acceptors (Lipinski definition) is 4. The molecule has 0 aliphatic carbocycles. The number of carbonyl (C=O) groups is 2. The minimum absolute atomic E-state index is 0.109. The lowest BCUT2D eigenvalue weighted by Gasteiger charge is -2.34. The molecule has 0 saturated carbocycles. The largest absolute Gasteiger partial charge is 0.507 e. The molecule has 1 aliphatic rings. The summed E-state index contributed by atoms with van der Waals surface area (Å²) in [5.74, 6) is -1.22. The van der Waals surface area contributed by atoms with Crippen LogP contribution in [0.3, 0.4) is 0 Å². The molecular weight excluding hydrogens is 270 g/mol. The SMILES string of the molecule is NC(=O)C1CNCCN1C(=O)c1ccc(Cl)cc1O. The molecule has 1 heterocycles. The van der Waals surface area contributed by atoms with Crippen LogP contribution in [0.15, 0.2) is 18.2 Å². The van der Waals surface area contributed by atoms with Crippen molar-refractivity contribution in [1.29, 1.82) is 0 Å². The third-order valence-corrected chi connectivity index (χ3v) is 3.26. The van der Waals surface area contributed by atoms with E-state index in [0.717, 1.165) is 0 Å². The highest BCUT2D eigenvalue weighted by molar-refractivity contribution is 6.30. The van der Waals surface area contributed by atoms with Crippen LogP contribution in [0.4, 0.5) is 0 Å². The average molecular weight is 284 g/mol. The molecule has 2 amide bonds. The van der Waals surface area contributed by atoms with Crippen LogP contribution in [0.5, 0.6) is 5.75 Å². The Morgan fingerprint density at radius 2 is 2.21 bits per heavy atom. The second kappa shape index (κ2) is 5.46. The van der Waals surface area contributed by atoms with Crippen LogP contribution in [-0.2, 0) is 4.79 Å². The van der Waals surface area contributed by atoms with Gasteiger partial charge in [-0.25, -0.2) is 0 Å². The van der Waals surface area contributed by atoms with Gasteiger partial charge in [-0.3, -0.25) is 9.59 Å². The van der Waals surface area contributed by atoms with Gasteiger partial charge in [0.25, 0.3) is 5.91 Å². The summed E-state index contributed by atoms with van der Waals surface area (Å²) in [4.78, 5) is 25.0. The van der Waals surface area contributed by atoms with Crippen LogP contribution >= 0.6 is 11.6 Å². The highest BCUT2D eigenvalue weighted by Gasteiger charge is 2.32. The number of aromatic hydroxyl groups is 1. The van der Waals surface area contributed by atoms with Crippen molar-refractivity contribution in [3.8, 4) is 5.75 Å². The molecule has 19 heavy (non-hydrogen) atoms. The van der Waals surface area contributed by atoms with Gasteiger partial charge in [0.2, 0.25) is 5.91 Å². The third kappa shape index (κ3) is 2.80. The zero-order valence-corrected chi connectivity index (χ0v) is 10.9. The maximum Gasteiger partial charge on any atom is 0.258 e. The van der Waals surface area contributed by atoms with Crippen LogP contribution in [0.1, 0.15) is 10.4 Å². The van der Waals surface area contributed by atoms with E-state index in [1.54, 1.807) is 0 Å². The first-order valence-corrected chi connectivity index (χ1v) is 6.18. The quantitative estimate of drug-likeness (QED) is 0.709. The van der Waals surface area contributed by atoms with E-state index in [4.69, 9.17) is 17.3 Å². The Morgan fingerprint density at radius 3 is 2.84 bits per heavy atom. The molecule has 0 bridgehead atoms. The van der Waals surface area contributed by atoms with Crippen molar-refractivity contribution >= 4 is 23.4 Å². The summed E-state index contributed by atoms with van der Waals surface area (Å²) >= 11 is 5.72. The second-order valence-corrected chi connectivity index (χ2v) is 4.72. The Balaban J connectivity index is 2.28. The molecule has 1 aromatic rings. The topological polar surface area (TPSA) is 95.7 Å². The molecule has 1 unspecified atom stereocenters. The molecule has 4 N–H and O–H groups in total. The fourth-order valence-corrected chi connectivity index (χ4v) is 2.21. The number of amides is 2. The molecular formula is C12H14ClN3O3. The van der Waals surface area contributed by atoms with Gasteiger partial charge in [0.05, 0.1) is 5.56 Å². The van der Waals surface area contributed by atoms with E-state index >= 15 is 0 Å². The lowest BCUT2D eigenvalue weighted by atomic mass is 10.1. The number of primary amides is 1. The predicted octanol–water partition coefficient (Wildman–Crippen LogP) is -0.0551. The zero-order chi connectivity index (χ0) is 14.0. The summed E-state index contributed by atoms with van der Waals surface area (Å²) in [6.07, 6.45) is 0. The van der Waals surface area contributed by atoms with E-state index in [2.05, 4.69) is 5.32 Å². The molecule has 102 valence electrons. The zero-order valence-electron chi connectivity index (χ0n) is 10.1. The van der Waals surface area contributed by atoms with Gasteiger partial charge < -0.3 is 21.1 Å². The van der Waals surface area contributed by atoms with Gasteiger partial charge >= 0.3 is 0 Å². The summed E-state index contributed by atoms with van der Waals surface area (Å²) < 4.78 is 0. The Kier molecular flexibility index (Phi) is 3.92. The van der Waals surface area contributed by atoms with Crippen molar-refractivity contribution in [3.05, 3.63) is 28.8 Å². The number of benzene rings is 1. The number of carbonyl (C=O) groups excluding carboxylic acids is 2. The molecule has 2 rings (SSSR count). The maximum atomic E-state index is 12.3. The number of hydrogen-bond donors (Lipinski definition) is 3. The first-order valence-electron chi connectivity index (χ1n) is 5.80. The first-order chi connectivity index (χ1) is 9.00. The van der Waals surface area contributed by atoms with E-state index in [1.807, 2.05) is 0 Å². The summed E-state index contributed by atoms with van der Waals surface area (Å²) in [6, 6.07) is 3.52. The monoisotopic (exact) mass is 283 g/mol. The number of rotatable bonds is 2. The number of halogens is 1. The van der Waals surface area contributed by atoms with Crippen molar-refractivity contribution in [2.24, 2.45) is 5.73 Å². The average Bonchev–Trinajstić information content (AvgIpc) is 2.38. The van der Waals surface area contributed by atoms with E-state index in [-0.39, 0.29) is 11.3 Å². The Morgan fingerprint density at radius 1 is 1.47 bits per heavy atom. The number of nitrogens with one attached hydrogen (secondary N) is 1. The number of nitrogens with two attached hydrogens (primary N) is 1. The van der Waals surface area contributed by atoms with Gasteiger partial charge in [0.1, 0.15) is 11.8 Å². The van der Waals surface area contributed by atoms with Crippen molar-refractivity contribution in [1.82, 2.24) is 10.2 Å². The number of phenolic OH excluding ortho intramolecular Hbond substituents is 1. The highest BCUT2D eigenvalue weighted by atomic mass is 35.5. The van der Waals surface area contributed by atoms with Crippen LogP contribution in [0.25, 0.3) is 0 Å². The van der Waals surface area contributed by atoms with E-state index in [0.29, 0.717) is 24.7 Å². The number of phenols is 1. The lowest BCUT2D eigenvalue weighted by molar-refractivity contribution is -0.122. The molecule has 0 spiro atoms. The van der Waals surface area contributed by atoms with Crippen LogP contribution in [0.2, 0.25) is 5.02 Å². The predicted molar refractivity (Wildman–Crippen MR) is 70.0 cm³/mol. The first kappa shape index (κ1) is 13.6. The van der Waals surface area contributed by atoms with Gasteiger partial charge in [0, 0.05) is 24.7 Å². The molecule has 0 radical (unpaired) electrons. The number of nitrogens with zero attached hydrogens (tertiary/aromatic N) is 1. The summed E-state index contributed by atoms with van der Waals surface area (Å²) in [7, 11) is 0. The smallest absolute Gasteiger partial charge is 0.258 e. The van der Waals surface area contributed by atoms with Crippen molar-refractivity contribution in [3.63, 3.8) is 0 Å². The Labute approximate surface area is 115 Å². The molecule has 1 atom stereocenters. The fourth-order valence-electron chi connectivity index (χ4n) is 2.04. The third-order valence-electron chi connectivity index (χ3n) is 3.02. The number of piperazine rings is 1. The molecule has 0 aromatic heterocycles. The molecule has 6 nitrogen and oxygen atoms in total. The highest BCUT2D eigenvalue weighted by Crippen LogP contribution is 2.24. The van der Waals surface area contributed by atoms with E-state index in [1.165, 1.54) is 23.1 Å². The second-order valence-electron chi connectivity index (χ2n) is 4.28. The summed E-state index contributed by atoms with van der Waals surface area (Å²) in [6.45, 7) is 1.24. The van der Waals surface area contributed by atoms with Gasteiger partial charge in [-0.15, -0.1) is 0 Å². The molecule has 1 saturated heterocycles. The van der Waals surface area contributed by atoms with E-state index in [9.17, 15) is 14.7 Å². The Hall–Kier alpha value is -1.79. The van der Waals surface area contributed by atoms with Crippen molar-refractivity contribution in [2.45, 2.75) is 6.04 Å². The molecule has 1 fully saturated rings. The van der Waals surface area contributed by atoms with Crippen molar-refractivity contribution in [2.75, 3.05) is 19.6 Å². The van der Waals surface area contributed by atoms with Crippen LogP contribution < -0.4 is 11.1 Å². The van der Waals surface area contributed by atoms with Gasteiger partial charge in [-0.05, 0) is 18.2 Å². The van der Waals surface area contributed by atoms with Crippen LogP contribution in [-0.4, -0.2) is 47.5 Å². The minimum Gasteiger partial charge on any atom is -0.507 e. The van der Waals surface area contributed by atoms with Crippen molar-refractivity contribution < 1.29 is 14.7 Å². The standard InChI is InChI=1S/C12H14ClN3O3/c13-7-1-2-8(10(17)5-7)12(19)16-4-3-15-6-9(16)11(14)18/h1-2,5,9,15,17H,3-4,6H2,(H2,14,18). The van der Waals surface area contributed by atoms with Gasteiger partial charge in [0.15, 0.2) is 0 Å². The maximum absolute atomic E-state index is 12.3. The minimum atomic E-state index is -0.712. The normalized spacial score (nSPS) is 19.2. The summed E-state index contributed by atoms with van der Waals surface area (Å²) in [5, 5.41) is 13.1.